The first-order valence-electron chi connectivity index (χ1n) is 8.01. The first-order valence-corrected chi connectivity index (χ1v) is 14.3. The van der Waals surface area contributed by atoms with Crippen molar-refractivity contribution in [3.05, 3.63) is 48.5 Å². The number of fused-ring (bicyclic) bond motifs is 1. The summed E-state index contributed by atoms with van der Waals surface area (Å²) in [6.45, 7) is 0. The Morgan fingerprint density at radius 3 is 1.97 bits per heavy atom. The smallest absolute Gasteiger partial charge is 0 e. The summed E-state index contributed by atoms with van der Waals surface area (Å²) < 4.78 is 94.8. The maximum absolute atomic E-state index is 11.7. The standard InChI is InChI=1S/C16H13AsN2O10S2.2Na/c20-16-14(31(27,28)29)8-9-7-10(30(24,25)26)5-6-11(9)15(16)19-18-13-4-2-1-3-12(13)17(21,22)23;;/h1-8,20H,(H2,21,22,23)(H,24,25,26)(H,27,28,29);;. The van der Waals surface area contributed by atoms with E-state index in [2.05, 4.69) is 10.2 Å². The van der Waals surface area contributed by atoms with Crippen LogP contribution in [0.15, 0.2) is 68.6 Å². The van der Waals surface area contributed by atoms with Crippen LogP contribution in [0.1, 0.15) is 0 Å². The van der Waals surface area contributed by atoms with E-state index in [4.69, 9.17) is 0 Å². The molecule has 17 heteroatoms. The molecule has 3 aromatic rings. The van der Waals surface area contributed by atoms with E-state index in [0.717, 1.165) is 30.3 Å². The Labute approximate surface area is 234 Å². The molecule has 0 fully saturated rings. The van der Waals surface area contributed by atoms with E-state index in [1.807, 2.05) is 0 Å². The zero-order valence-corrected chi connectivity index (χ0v) is 24.6. The number of azo groups is 1. The fourth-order valence-electron chi connectivity index (χ4n) is 2.69. The summed E-state index contributed by atoms with van der Waals surface area (Å²) in [5.74, 6) is -1.03. The van der Waals surface area contributed by atoms with Crippen LogP contribution in [0.25, 0.3) is 10.8 Å². The molecule has 12 nitrogen and oxygen atoms in total. The van der Waals surface area contributed by atoms with Gasteiger partial charge in [0.05, 0.1) is 0 Å². The number of aromatic hydroxyl groups is 1. The predicted molar refractivity (Wildman–Crippen MR) is 118 cm³/mol. The Bertz CT molecular complexity index is 1510. The van der Waals surface area contributed by atoms with Crippen LogP contribution in [0, 0.1) is 0 Å². The predicted octanol–water partition coefficient (Wildman–Crippen LogP) is 0.254. The van der Waals surface area contributed by atoms with Gasteiger partial charge in [-0.15, -0.1) is 0 Å². The van der Waals surface area contributed by atoms with Crippen LogP contribution >= 0.6 is 0 Å². The zero-order chi connectivity index (χ0) is 23.2. The Kier molecular flexibility index (Phi) is 10.1. The molecule has 33 heavy (non-hydrogen) atoms. The summed E-state index contributed by atoms with van der Waals surface area (Å²) in [5, 5.41) is 17.6. The van der Waals surface area contributed by atoms with Crippen molar-refractivity contribution in [1.82, 2.24) is 0 Å². The van der Waals surface area contributed by atoms with Gasteiger partial charge in [0.2, 0.25) is 0 Å². The number of nitrogens with zero attached hydrogens (tertiary/aromatic N) is 2. The molecule has 5 N–H and O–H groups in total. The molecule has 0 unspecified atom stereocenters. The van der Waals surface area contributed by atoms with Crippen molar-refractivity contribution in [2.24, 2.45) is 10.2 Å². The van der Waals surface area contributed by atoms with Gasteiger partial charge in [-0.3, -0.25) is 0 Å². The fourth-order valence-corrected chi connectivity index (χ4v) is 5.28. The minimum Gasteiger partial charge on any atom is 0 e. The van der Waals surface area contributed by atoms with E-state index in [-0.39, 0.29) is 75.6 Å². The Morgan fingerprint density at radius 2 is 1.42 bits per heavy atom. The molecule has 0 aliphatic rings. The molecule has 0 saturated carbocycles. The third-order valence-corrected chi connectivity index (χ3v) is 7.88. The van der Waals surface area contributed by atoms with Crippen molar-refractivity contribution in [3.63, 3.8) is 0 Å². The molecule has 0 saturated heterocycles. The van der Waals surface area contributed by atoms with E-state index in [1.54, 1.807) is 0 Å². The second-order valence-corrected chi connectivity index (χ2v) is 12.2. The molecular formula is C16H13AsN2Na2O10S2. The number of benzene rings is 3. The van der Waals surface area contributed by atoms with Crippen LogP contribution in [0.4, 0.5) is 11.4 Å². The molecule has 0 amide bonds. The van der Waals surface area contributed by atoms with Crippen molar-refractivity contribution in [3.8, 4) is 5.75 Å². The summed E-state index contributed by atoms with van der Waals surface area (Å²) in [6.07, 6.45) is 0. The van der Waals surface area contributed by atoms with Gasteiger partial charge in [-0.1, -0.05) is 0 Å². The molecule has 0 aliphatic carbocycles. The number of phenols is 1. The molecule has 0 spiro atoms. The van der Waals surface area contributed by atoms with Crippen LogP contribution in [0.3, 0.4) is 0 Å². The summed E-state index contributed by atoms with van der Waals surface area (Å²) in [5.41, 5.74) is -0.783. The van der Waals surface area contributed by atoms with Crippen molar-refractivity contribution in [2.75, 3.05) is 0 Å². The first-order chi connectivity index (χ1) is 14.2. The average Bonchev–Trinajstić information content (AvgIpc) is 2.64. The Hall–Kier alpha value is -0.582. The van der Waals surface area contributed by atoms with Gasteiger partial charge in [-0.2, -0.15) is 0 Å². The second kappa shape index (κ2) is 11.0. The summed E-state index contributed by atoms with van der Waals surface area (Å²) in [4.78, 5) is -1.61. The van der Waals surface area contributed by atoms with E-state index < -0.39 is 60.0 Å². The fraction of sp³-hybridized carbons (Fsp3) is 0. The molecule has 3 rings (SSSR count). The van der Waals surface area contributed by atoms with Gasteiger partial charge >= 0.3 is 178 Å². The van der Waals surface area contributed by atoms with E-state index >= 15 is 0 Å². The van der Waals surface area contributed by atoms with E-state index in [0.29, 0.717) is 0 Å². The van der Waals surface area contributed by atoms with Gasteiger partial charge in [0.15, 0.2) is 0 Å². The monoisotopic (exact) mass is 578 g/mol. The number of hydrogen-bond acceptors (Lipinski definition) is 8. The summed E-state index contributed by atoms with van der Waals surface area (Å²) in [7, 11) is -9.65. The molecule has 2 radical (unpaired) electrons. The van der Waals surface area contributed by atoms with Crippen molar-refractivity contribution in [2.45, 2.75) is 9.79 Å². The molecule has 0 aliphatic heterocycles. The third kappa shape index (κ3) is 6.98. The minimum atomic E-state index is -5.41. The van der Waals surface area contributed by atoms with Gasteiger partial charge in [-0.05, 0) is 0 Å². The maximum atomic E-state index is 11.7. The molecule has 0 atom stereocenters. The van der Waals surface area contributed by atoms with Crippen LogP contribution < -0.4 is 4.35 Å². The molecule has 0 bridgehead atoms. The van der Waals surface area contributed by atoms with Crippen LogP contribution in [-0.4, -0.2) is 113 Å². The van der Waals surface area contributed by atoms with Crippen LogP contribution in [0.2, 0.25) is 0 Å². The molecular weight excluding hydrogens is 565 g/mol. The van der Waals surface area contributed by atoms with E-state index in [9.17, 15) is 43.0 Å². The number of hydrogen-bond donors (Lipinski definition) is 5. The van der Waals surface area contributed by atoms with Crippen molar-refractivity contribution < 1.29 is 43.0 Å². The second-order valence-electron chi connectivity index (χ2n) is 6.14. The molecule has 0 heterocycles. The van der Waals surface area contributed by atoms with Gasteiger partial charge < -0.3 is 0 Å². The van der Waals surface area contributed by atoms with Gasteiger partial charge in [0, 0.05) is 59.1 Å². The molecule has 0 aromatic heterocycles. The first kappa shape index (κ1) is 30.4. The quantitative estimate of drug-likeness (QED) is 0.158. The van der Waals surface area contributed by atoms with E-state index in [1.165, 1.54) is 18.2 Å². The number of rotatable bonds is 5. The SMILES string of the molecule is O=S(=O)(O)c1ccc2c(N=Nc3ccccc3[As](=O)(O)O)c(O)c(S(=O)(=O)O)cc2c1.[Na].[Na]. The van der Waals surface area contributed by atoms with Gasteiger partial charge in [-0.25, -0.2) is 0 Å². The van der Waals surface area contributed by atoms with Crippen molar-refractivity contribution in [1.29, 1.82) is 0 Å². The third-order valence-electron chi connectivity index (χ3n) is 4.05. The van der Waals surface area contributed by atoms with Crippen molar-refractivity contribution >= 4 is 120 Å². The summed E-state index contributed by atoms with van der Waals surface area (Å²) in [6, 6.07) is 8.81. The minimum absolute atomic E-state index is 0. The Balaban J connectivity index is 0.00000272. The van der Waals surface area contributed by atoms with Gasteiger partial charge in [0.25, 0.3) is 0 Å². The zero-order valence-electron chi connectivity index (χ0n) is 17.1. The largest absolute Gasteiger partial charge is 0 e. The topological polar surface area (TPSA) is 211 Å². The number of phenolic OH excluding ortho intramolecular Hbond substituents is 1. The molecule has 3 aromatic carbocycles. The van der Waals surface area contributed by atoms with Gasteiger partial charge in [0.1, 0.15) is 0 Å². The van der Waals surface area contributed by atoms with Crippen LogP contribution in [0.5, 0.6) is 5.75 Å². The maximum Gasteiger partial charge on any atom is 0 e. The molecule has 166 valence electrons. The van der Waals surface area contributed by atoms with Crippen LogP contribution in [-0.2, 0) is 24.0 Å². The summed E-state index contributed by atoms with van der Waals surface area (Å²) >= 11 is -5.41. The normalized spacial score (nSPS) is 12.4. The average molecular weight is 578 g/mol. The Morgan fingerprint density at radius 1 is 0.818 bits per heavy atom.